The highest BCUT2D eigenvalue weighted by Crippen LogP contribution is 2.50. The summed E-state index contributed by atoms with van der Waals surface area (Å²) in [5.74, 6) is -4.49. The first-order valence-corrected chi connectivity index (χ1v) is 15.8. The summed E-state index contributed by atoms with van der Waals surface area (Å²) in [6, 6.07) is 2.95. The monoisotopic (exact) mass is 630 g/mol. The lowest BCUT2D eigenvalue weighted by atomic mass is 9.85. The predicted octanol–water partition coefficient (Wildman–Crippen LogP) is 5.80. The third-order valence-electron chi connectivity index (χ3n) is 9.37. The highest BCUT2D eigenvalue weighted by atomic mass is 19.3. The van der Waals surface area contributed by atoms with Gasteiger partial charge in [-0.1, -0.05) is 34.1 Å². The van der Waals surface area contributed by atoms with Crippen molar-refractivity contribution in [1.82, 2.24) is 20.2 Å². The van der Waals surface area contributed by atoms with Crippen LogP contribution in [0.5, 0.6) is 11.6 Å². The van der Waals surface area contributed by atoms with E-state index in [2.05, 4.69) is 15.3 Å². The average Bonchev–Trinajstić information content (AvgIpc) is 3.46. The Kier molecular flexibility index (Phi) is 8.74. The largest absolute Gasteiger partial charge is 0.494 e. The number of halogens is 2. The van der Waals surface area contributed by atoms with Crippen LogP contribution in [0.3, 0.4) is 0 Å². The SMILES string of the molecule is CCOc1ccc2nc3c(nc2c1)O[C@H]1CN(C(=O)[C@H](C(C)(C)C)NC(=O)O[C@]2(C)C[C@H]2CCCCC3(F)F)[C@H](C(C)=O)[C@@H]1C. The second-order valence-corrected chi connectivity index (χ2v) is 14.0. The van der Waals surface area contributed by atoms with E-state index in [0.717, 1.165) is 0 Å². The van der Waals surface area contributed by atoms with Crippen molar-refractivity contribution in [3.05, 3.63) is 23.9 Å². The van der Waals surface area contributed by atoms with E-state index in [0.29, 0.717) is 37.1 Å². The molecule has 12 heteroatoms. The average molecular weight is 631 g/mol. The summed E-state index contributed by atoms with van der Waals surface area (Å²) in [7, 11) is 0. The maximum absolute atomic E-state index is 16.0. The molecule has 1 aromatic heterocycles. The van der Waals surface area contributed by atoms with Crippen LogP contribution in [-0.4, -0.2) is 69.6 Å². The summed E-state index contributed by atoms with van der Waals surface area (Å²) < 4.78 is 49.6. The van der Waals surface area contributed by atoms with Gasteiger partial charge >= 0.3 is 6.09 Å². The fraction of sp³-hybridized carbons (Fsp3) is 0.667. The first-order chi connectivity index (χ1) is 21.0. The van der Waals surface area contributed by atoms with Gasteiger partial charge in [-0.05, 0) is 57.6 Å². The number of nitrogens with zero attached hydrogens (tertiary/aromatic N) is 3. The lowest BCUT2D eigenvalue weighted by Crippen LogP contribution is -2.57. The Morgan fingerprint density at radius 2 is 1.91 bits per heavy atom. The Labute approximate surface area is 262 Å². The van der Waals surface area contributed by atoms with Gasteiger partial charge in [0.25, 0.3) is 5.92 Å². The fourth-order valence-electron chi connectivity index (χ4n) is 6.65. The van der Waals surface area contributed by atoms with Gasteiger partial charge in [0, 0.05) is 24.3 Å². The van der Waals surface area contributed by atoms with Crippen LogP contribution in [0.25, 0.3) is 11.0 Å². The van der Waals surface area contributed by atoms with E-state index in [1.165, 1.54) is 11.8 Å². The van der Waals surface area contributed by atoms with Crippen LogP contribution in [0.1, 0.15) is 86.3 Å². The zero-order chi connectivity index (χ0) is 32.9. The molecule has 2 aromatic rings. The molecule has 2 aliphatic heterocycles. The van der Waals surface area contributed by atoms with E-state index in [4.69, 9.17) is 14.2 Å². The minimum absolute atomic E-state index is 0.0284. The second-order valence-electron chi connectivity index (χ2n) is 14.0. The molecule has 0 unspecified atom stereocenters. The van der Waals surface area contributed by atoms with Gasteiger partial charge in [0.15, 0.2) is 11.5 Å². The number of ether oxygens (including phenoxy) is 3. The third kappa shape index (κ3) is 6.70. The molecule has 0 spiro atoms. The van der Waals surface area contributed by atoms with E-state index >= 15 is 8.78 Å². The Balaban J connectivity index is 1.58. The van der Waals surface area contributed by atoms with Crippen molar-refractivity contribution in [2.75, 3.05) is 13.2 Å². The summed E-state index contributed by atoms with van der Waals surface area (Å²) in [5.41, 5.74) is -1.44. The van der Waals surface area contributed by atoms with E-state index in [-0.39, 0.29) is 36.1 Å². The van der Waals surface area contributed by atoms with Crippen molar-refractivity contribution < 1.29 is 37.4 Å². The molecule has 45 heavy (non-hydrogen) atoms. The minimum atomic E-state index is -3.36. The summed E-state index contributed by atoms with van der Waals surface area (Å²) in [4.78, 5) is 50.4. The van der Waals surface area contributed by atoms with Crippen LogP contribution in [0, 0.1) is 17.3 Å². The normalized spacial score (nSPS) is 30.6. The van der Waals surface area contributed by atoms with Gasteiger partial charge in [0.2, 0.25) is 11.8 Å². The van der Waals surface area contributed by atoms with Gasteiger partial charge in [0.05, 0.1) is 30.2 Å². The Bertz CT molecular complexity index is 1480. The van der Waals surface area contributed by atoms with Crippen molar-refractivity contribution >= 4 is 28.8 Å². The van der Waals surface area contributed by atoms with Crippen LogP contribution in [0.15, 0.2) is 18.2 Å². The molecular formula is C33H44F2N4O6. The molecule has 1 saturated heterocycles. The summed E-state index contributed by atoms with van der Waals surface area (Å²) in [6.45, 7) is 12.6. The van der Waals surface area contributed by atoms with Gasteiger partial charge in [0.1, 0.15) is 23.5 Å². The molecule has 2 amide bonds. The molecule has 10 nitrogen and oxygen atoms in total. The maximum Gasteiger partial charge on any atom is 0.408 e. The molecule has 1 N–H and O–H groups in total. The van der Waals surface area contributed by atoms with Crippen molar-refractivity contribution in [2.45, 2.75) is 110 Å². The van der Waals surface area contributed by atoms with E-state index in [1.807, 2.05) is 34.6 Å². The topological polar surface area (TPSA) is 120 Å². The Morgan fingerprint density at radius 1 is 1.18 bits per heavy atom. The quantitative estimate of drug-likeness (QED) is 0.452. The Hall–Kier alpha value is -3.57. The number of aromatic nitrogens is 2. The number of ketones is 1. The number of carbonyl (C=O) groups is 3. The molecule has 1 aliphatic carbocycles. The van der Waals surface area contributed by atoms with Crippen molar-refractivity contribution in [3.8, 4) is 11.6 Å². The summed E-state index contributed by atoms with van der Waals surface area (Å²) >= 11 is 0. The molecule has 1 aromatic carbocycles. The minimum Gasteiger partial charge on any atom is -0.494 e. The number of nitrogens with one attached hydrogen (secondary N) is 1. The molecule has 1 saturated carbocycles. The third-order valence-corrected chi connectivity index (χ3v) is 9.37. The van der Waals surface area contributed by atoms with Gasteiger partial charge < -0.3 is 24.4 Å². The highest BCUT2D eigenvalue weighted by Gasteiger charge is 2.54. The van der Waals surface area contributed by atoms with Gasteiger partial charge in [-0.3, -0.25) is 9.59 Å². The van der Waals surface area contributed by atoms with Crippen LogP contribution < -0.4 is 14.8 Å². The molecule has 3 heterocycles. The number of amides is 2. The number of alkyl carbamates (subject to hydrolysis) is 1. The molecule has 3 aliphatic rings. The zero-order valence-electron chi connectivity index (χ0n) is 27.1. The van der Waals surface area contributed by atoms with Gasteiger partial charge in [-0.25, -0.2) is 14.8 Å². The highest BCUT2D eigenvalue weighted by molar-refractivity contribution is 5.92. The summed E-state index contributed by atoms with van der Waals surface area (Å²) in [6.07, 6.45) is -0.0928. The number of fused-ring (bicyclic) bond motifs is 5. The molecule has 6 atom stereocenters. The number of rotatable bonds is 3. The number of hydrogen-bond acceptors (Lipinski definition) is 8. The number of carbonyl (C=O) groups excluding carboxylic acids is 3. The van der Waals surface area contributed by atoms with Crippen molar-refractivity contribution in [3.63, 3.8) is 0 Å². The molecule has 246 valence electrons. The lowest BCUT2D eigenvalue weighted by molar-refractivity contribution is -0.141. The van der Waals surface area contributed by atoms with Crippen molar-refractivity contribution in [1.29, 1.82) is 0 Å². The van der Waals surface area contributed by atoms with Gasteiger partial charge in [-0.15, -0.1) is 0 Å². The Morgan fingerprint density at radius 3 is 2.58 bits per heavy atom. The van der Waals surface area contributed by atoms with Gasteiger partial charge in [-0.2, -0.15) is 8.78 Å². The molecule has 5 rings (SSSR count). The molecular weight excluding hydrogens is 586 g/mol. The molecule has 2 fully saturated rings. The smallest absolute Gasteiger partial charge is 0.408 e. The molecule has 2 bridgehead atoms. The van der Waals surface area contributed by atoms with Crippen LogP contribution in [0.2, 0.25) is 0 Å². The van der Waals surface area contributed by atoms with E-state index in [1.54, 1.807) is 25.1 Å². The predicted molar refractivity (Wildman–Crippen MR) is 162 cm³/mol. The lowest BCUT2D eigenvalue weighted by Gasteiger charge is -2.35. The van der Waals surface area contributed by atoms with E-state index < -0.39 is 65.2 Å². The second kappa shape index (κ2) is 12.0. The molecule has 0 radical (unpaired) electrons. The zero-order valence-corrected chi connectivity index (χ0v) is 27.1. The maximum atomic E-state index is 16.0. The number of benzene rings is 1. The van der Waals surface area contributed by atoms with Crippen LogP contribution >= 0.6 is 0 Å². The number of Topliss-reactive ketones (excluding diaryl/α,β-unsaturated/α-hetero) is 1. The standard InChI is InChI=1S/C33H44F2N4O6/c1-8-43-21-12-13-22-23(15-21)37-28-26(36-22)33(34,35)14-10-9-11-20-16-32(20,7)45-30(42)38-27(31(4,5)6)29(41)39-17-24(44-28)18(2)25(39)19(3)40/h12-13,15,18,20,24-25,27H,8-11,14,16-17H2,1-7H3,(H,38,42)/t18-,20-,24+,25+,27-,32-/m1/s1. The van der Waals surface area contributed by atoms with Crippen LogP contribution in [0.4, 0.5) is 13.6 Å². The first-order valence-electron chi connectivity index (χ1n) is 15.8. The van der Waals surface area contributed by atoms with Crippen molar-refractivity contribution in [2.24, 2.45) is 17.3 Å². The fourth-order valence-corrected chi connectivity index (χ4v) is 6.65. The number of hydrogen-bond donors (Lipinski definition) is 1. The van der Waals surface area contributed by atoms with Crippen LogP contribution in [-0.2, 0) is 20.2 Å². The van der Waals surface area contributed by atoms with E-state index in [9.17, 15) is 14.4 Å². The number of alkyl halides is 2. The first kappa shape index (κ1) is 32.8. The summed E-state index contributed by atoms with van der Waals surface area (Å²) in [5, 5.41) is 2.77.